The Balaban J connectivity index is 2.49. The van der Waals surface area contributed by atoms with Crippen molar-refractivity contribution in [1.82, 2.24) is 9.55 Å². The van der Waals surface area contributed by atoms with Crippen molar-refractivity contribution >= 4 is 5.82 Å². The summed E-state index contributed by atoms with van der Waals surface area (Å²) in [5, 5.41) is 0. The molecule has 3 nitrogen and oxygen atoms in total. The van der Waals surface area contributed by atoms with Crippen LogP contribution in [0.5, 0.6) is 0 Å². The van der Waals surface area contributed by atoms with Crippen molar-refractivity contribution in [2.24, 2.45) is 0 Å². The number of aromatic nitrogens is 2. The summed E-state index contributed by atoms with van der Waals surface area (Å²) in [6.45, 7) is 4.03. The summed E-state index contributed by atoms with van der Waals surface area (Å²) in [7, 11) is 0. The Bertz CT molecular complexity index is 440. The number of nitrogens with zero attached hydrogens (tertiary/aromatic N) is 2. The molecule has 0 amide bonds. The maximum Gasteiger partial charge on any atom is 0.144 e. The monoisotopic (exact) mass is 187 g/mol. The van der Waals surface area contributed by atoms with Crippen molar-refractivity contribution in [1.29, 1.82) is 0 Å². The van der Waals surface area contributed by atoms with Gasteiger partial charge < -0.3 is 10.3 Å². The fourth-order valence-electron chi connectivity index (χ4n) is 1.39. The number of rotatable bonds is 1. The van der Waals surface area contributed by atoms with Crippen LogP contribution in [0.2, 0.25) is 0 Å². The number of nitrogens with two attached hydrogens (primary N) is 1. The van der Waals surface area contributed by atoms with Gasteiger partial charge in [0, 0.05) is 5.69 Å². The molecule has 0 saturated carbocycles. The number of hydrogen-bond acceptors (Lipinski definition) is 2. The molecule has 0 atom stereocenters. The van der Waals surface area contributed by atoms with Crippen LogP contribution in [0.4, 0.5) is 5.82 Å². The maximum absolute atomic E-state index is 5.68. The summed E-state index contributed by atoms with van der Waals surface area (Å²) < 4.78 is 1.98. The largest absolute Gasteiger partial charge is 0.382 e. The number of nitrogen functional groups attached to an aromatic ring is 1. The summed E-state index contributed by atoms with van der Waals surface area (Å²) >= 11 is 0. The SMILES string of the molecule is Cc1ccc(-n2cnc(N)c2C)cc1. The Hall–Kier alpha value is -1.77. The van der Waals surface area contributed by atoms with Crippen LogP contribution in [0.3, 0.4) is 0 Å². The van der Waals surface area contributed by atoms with Crippen molar-refractivity contribution in [3.63, 3.8) is 0 Å². The van der Waals surface area contributed by atoms with Gasteiger partial charge in [-0.25, -0.2) is 4.98 Å². The normalized spacial score (nSPS) is 10.4. The second-order valence-corrected chi connectivity index (χ2v) is 3.42. The van der Waals surface area contributed by atoms with Crippen LogP contribution in [0, 0.1) is 13.8 Å². The molecule has 2 N–H and O–H groups in total. The van der Waals surface area contributed by atoms with Crippen LogP contribution in [0.1, 0.15) is 11.3 Å². The van der Waals surface area contributed by atoms with E-state index in [-0.39, 0.29) is 0 Å². The molecule has 1 aromatic heterocycles. The molecule has 1 heterocycles. The van der Waals surface area contributed by atoms with E-state index in [0.29, 0.717) is 5.82 Å². The lowest BCUT2D eigenvalue weighted by molar-refractivity contribution is 1.00. The molecule has 0 radical (unpaired) electrons. The van der Waals surface area contributed by atoms with E-state index >= 15 is 0 Å². The van der Waals surface area contributed by atoms with Crippen molar-refractivity contribution in [3.8, 4) is 5.69 Å². The number of aryl methyl sites for hydroxylation is 1. The van der Waals surface area contributed by atoms with Gasteiger partial charge in [-0.1, -0.05) is 17.7 Å². The van der Waals surface area contributed by atoms with Gasteiger partial charge in [0.2, 0.25) is 0 Å². The van der Waals surface area contributed by atoms with Crippen molar-refractivity contribution in [2.75, 3.05) is 5.73 Å². The van der Waals surface area contributed by atoms with Gasteiger partial charge in [0.15, 0.2) is 0 Å². The first-order valence-corrected chi connectivity index (χ1v) is 4.55. The molecule has 0 spiro atoms. The van der Waals surface area contributed by atoms with Crippen LogP contribution >= 0.6 is 0 Å². The van der Waals surface area contributed by atoms with Crippen molar-refractivity contribution in [3.05, 3.63) is 41.9 Å². The van der Waals surface area contributed by atoms with E-state index in [1.165, 1.54) is 5.56 Å². The van der Waals surface area contributed by atoms with Crippen molar-refractivity contribution < 1.29 is 0 Å². The van der Waals surface area contributed by atoms with E-state index in [4.69, 9.17) is 5.73 Å². The van der Waals surface area contributed by atoms with Crippen LogP contribution in [-0.2, 0) is 0 Å². The molecular formula is C11H13N3. The van der Waals surface area contributed by atoms with E-state index in [9.17, 15) is 0 Å². The average molecular weight is 187 g/mol. The zero-order valence-corrected chi connectivity index (χ0v) is 8.36. The van der Waals surface area contributed by atoms with Gasteiger partial charge in [0.25, 0.3) is 0 Å². The third-order valence-electron chi connectivity index (χ3n) is 2.36. The van der Waals surface area contributed by atoms with E-state index in [1.54, 1.807) is 6.33 Å². The van der Waals surface area contributed by atoms with E-state index in [0.717, 1.165) is 11.4 Å². The predicted molar refractivity (Wildman–Crippen MR) is 57.5 cm³/mol. The third-order valence-corrected chi connectivity index (χ3v) is 2.36. The quantitative estimate of drug-likeness (QED) is 0.742. The molecule has 2 aromatic rings. The first-order valence-electron chi connectivity index (χ1n) is 4.55. The molecule has 1 aromatic carbocycles. The molecular weight excluding hydrogens is 174 g/mol. The average Bonchev–Trinajstić information content (AvgIpc) is 2.50. The Labute approximate surface area is 83.2 Å². The second-order valence-electron chi connectivity index (χ2n) is 3.42. The Kier molecular flexibility index (Phi) is 2.00. The lowest BCUT2D eigenvalue weighted by Gasteiger charge is -2.04. The van der Waals surface area contributed by atoms with Gasteiger partial charge >= 0.3 is 0 Å². The Morgan fingerprint density at radius 3 is 2.29 bits per heavy atom. The standard InChI is InChI=1S/C11H13N3/c1-8-3-5-10(6-4-8)14-7-13-11(12)9(14)2/h3-7H,12H2,1-2H3. The molecule has 0 fully saturated rings. The number of benzene rings is 1. The Morgan fingerprint density at radius 1 is 1.14 bits per heavy atom. The van der Waals surface area contributed by atoms with E-state index < -0.39 is 0 Å². The number of imidazole rings is 1. The highest BCUT2D eigenvalue weighted by Gasteiger charge is 2.03. The van der Waals surface area contributed by atoms with Crippen LogP contribution in [0.15, 0.2) is 30.6 Å². The summed E-state index contributed by atoms with van der Waals surface area (Å²) in [4.78, 5) is 4.06. The zero-order chi connectivity index (χ0) is 10.1. The van der Waals surface area contributed by atoms with Gasteiger partial charge in [-0.05, 0) is 26.0 Å². The fourth-order valence-corrected chi connectivity index (χ4v) is 1.39. The summed E-state index contributed by atoms with van der Waals surface area (Å²) in [5.41, 5.74) is 9.00. The number of anilines is 1. The molecule has 0 unspecified atom stereocenters. The van der Waals surface area contributed by atoms with Gasteiger partial charge in [0.05, 0.1) is 5.69 Å². The molecule has 0 aliphatic rings. The molecule has 14 heavy (non-hydrogen) atoms. The van der Waals surface area contributed by atoms with Crippen LogP contribution < -0.4 is 5.73 Å². The molecule has 0 aliphatic heterocycles. The molecule has 3 heteroatoms. The van der Waals surface area contributed by atoms with Gasteiger partial charge in [-0.2, -0.15) is 0 Å². The van der Waals surface area contributed by atoms with Gasteiger partial charge in [-0.15, -0.1) is 0 Å². The lowest BCUT2D eigenvalue weighted by atomic mass is 10.2. The molecule has 0 saturated heterocycles. The second kappa shape index (κ2) is 3.18. The molecule has 0 bridgehead atoms. The van der Waals surface area contributed by atoms with Crippen LogP contribution in [-0.4, -0.2) is 9.55 Å². The lowest BCUT2D eigenvalue weighted by Crippen LogP contribution is -1.96. The number of hydrogen-bond donors (Lipinski definition) is 1. The minimum atomic E-state index is 0.588. The first kappa shape index (κ1) is 8.81. The van der Waals surface area contributed by atoms with Gasteiger partial charge in [0.1, 0.15) is 12.1 Å². The minimum absolute atomic E-state index is 0.588. The van der Waals surface area contributed by atoms with E-state index in [1.807, 2.05) is 11.5 Å². The summed E-state index contributed by atoms with van der Waals surface area (Å²) in [6.07, 6.45) is 1.75. The molecule has 2 rings (SSSR count). The van der Waals surface area contributed by atoms with Gasteiger partial charge in [-0.3, -0.25) is 0 Å². The summed E-state index contributed by atoms with van der Waals surface area (Å²) in [6, 6.07) is 8.27. The summed E-state index contributed by atoms with van der Waals surface area (Å²) in [5.74, 6) is 0.588. The highest BCUT2D eigenvalue weighted by atomic mass is 15.1. The highest BCUT2D eigenvalue weighted by molar-refractivity contribution is 5.43. The molecule has 0 aliphatic carbocycles. The smallest absolute Gasteiger partial charge is 0.144 e. The van der Waals surface area contributed by atoms with Crippen molar-refractivity contribution in [2.45, 2.75) is 13.8 Å². The van der Waals surface area contributed by atoms with E-state index in [2.05, 4.69) is 36.2 Å². The first-order chi connectivity index (χ1) is 6.68. The zero-order valence-electron chi connectivity index (χ0n) is 8.36. The predicted octanol–water partition coefficient (Wildman–Crippen LogP) is 2.07. The Morgan fingerprint density at radius 2 is 1.79 bits per heavy atom. The highest BCUT2D eigenvalue weighted by Crippen LogP contribution is 2.15. The molecule has 72 valence electrons. The topological polar surface area (TPSA) is 43.8 Å². The fraction of sp³-hybridized carbons (Fsp3) is 0.182. The third kappa shape index (κ3) is 1.37. The maximum atomic E-state index is 5.68. The van der Waals surface area contributed by atoms with Crippen LogP contribution in [0.25, 0.3) is 5.69 Å². The minimum Gasteiger partial charge on any atom is -0.382 e.